The quantitative estimate of drug-likeness (QED) is 0.244. The van der Waals surface area contributed by atoms with E-state index in [9.17, 15) is 13.2 Å². The maximum Gasteiger partial charge on any atom is 0.304 e. The standard InChI is InChI=1S/C34H42N2O6S/c1-3-5-30(24-34(37)38)29-10-14-33(15-11-29)42-26-28-8-6-27(7-9-28)25-35-18-20-36(21-19-35)31-12-16-32(17-13-31)41-22-4-23-43(2,39)40/h6-14,16-17,30,33H,4,15,18-26H2,1-2H3,(H,37,38). The molecule has 1 aliphatic heterocycles. The number of anilines is 1. The highest BCUT2D eigenvalue weighted by Gasteiger charge is 2.19. The molecule has 2 aromatic carbocycles. The molecular formula is C34H42N2O6S. The summed E-state index contributed by atoms with van der Waals surface area (Å²) in [5.41, 5.74) is 4.52. The Hall–Kier alpha value is -3.58. The van der Waals surface area contributed by atoms with Crippen molar-refractivity contribution in [3.8, 4) is 17.6 Å². The molecule has 0 aromatic heterocycles. The lowest BCUT2D eigenvalue weighted by Gasteiger charge is -2.36. The number of rotatable bonds is 14. The summed E-state index contributed by atoms with van der Waals surface area (Å²) in [6.07, 6.45) is 8.42. The Bertz CT molecular complexity index is 1430. The molecule has 1 heterocycles. The van der Waals surface area contributed by atoms with Gasteiger partial charge >= 0.3 is 5.97 Å². The molecule has 43 heavy (non-hydrogen) atoms. The van der Waals surface area contributed by atoms with Gasteiger partial charge in [0.2, 0.25) is 0 Å². The van der Waals surface area contributed by atoms with Crippen molar-refractivity contribution in [2.24, 2.45) is 5.92 Å². The number of hydrogen-bond acceptors (Lipinski definition) is 7. The van der Waals surface area contributed by atoms with Crippen LogP contribution in [0.1, 0.15) is 37.3 Å². The van der Waals surface area contributed by atoms with Gasteiger partial charge in [-0.1, -0.05) is 48.4 Å². The molecule has 9 heteroatoms. The zero-order valence-electron chi connectivity index (χ0n) is 25.1. The SMILES string of the molecule is CC#CC(CC(=O)O)C1=CCC(OCc2ccc(CN3CCN(c4ccc(OCCCS(C)(=O)=O)cc4)CC3)cc2)C=C1. The Balaban J connectivity index is 1.16. The molecule has 8 nitrogen and oxygen atoms in total. The molecule has 230 valence electrons. The molecule has 2 unspecified atom stereocenters. The number of hydrogen-bond donors (Lipinski definition) is 1. The third-order valence-electron chi connectivity index (χ3n) is 7.58. The molecule has 0 saturated carbocycles. The molecule has 2 aromatic rings. The Labute approximate surface area is 255 Å². The Morgan fingerprint density at radius 3 is 2.35 bits per heavy atom. The van der Waals surface area contributed by atoms with Crippen molar-refractivity contribution in [3.05, 3.63) is 83.5 Å². The van der Waals surface area contributed by atoms with Crippen molar-refractivity contribution in [2.75, 3.05) is 49.7 Å². The second kappa shape index (κ2) is 15.8. The Morgan fingerprint density at radius 1 is 1.05 bits per heavy atom. The van der Waals surface area contributed by atoms with Gasteiger partial charge < -0.3 is 19.5 Å². The highest BCUT2D eigenvalue weighted by Crippen LogP contribution is 2.24. The zero-order chi connectivity index (χ0) is 30.7. The third-order valence-corrected chi connectivity index (χ3v) is 8.61. The van der Waals surface area contributed by atoms with Crippen molar-refractivity contribution in [3.63, 3.8) is 0 Å². The molecule has 1 saturated heterocycles. The Kier molecular flexibility index (Phi) is 11.9. The molecule has 1 fully saturated rings. The van der Waals surface area contributed by atoms with E-state index in [0.717, 1.165) is 49.6 Å². The van der Waals surface area contributed by atoms with Crippen molar-refractivity contribution in [1.82, 2.24) is 4.90 Å². The summed E-state index contributed by atoms with van der Waals surface area (Å²) in [7, 11) is -2.95. The number of piperazine rings is 1. The van der Waals surface area contributed by atoms with Crippen LogP contribution in [0.5, 0.6) is 5.75 Å². The van der Waals surface area contributed by atoms with Crippen LogP contribution in [0.4, 0.5) is 5.69 Å². The minimum Gasteiger partial charge on any atom is -0.494 e. The van der Waals surface area contributed by atoms with Crippen molar-refractivity contribution < 1.29 is 27.8 Å². The number of carboxylic acid groups (broad SMARTS) is 1. The summed E-state index contributed by atoms with van der Waals surface area (Å²) < 4.78 is 34.3. The number of carboxylic acids is 1. The second-order valence-corrected chi connectivity index (χ2v) is 13.4. The van der Waals surface area contributed by atoms with Crippen LogP contribution in [0.15, 0.2) is 72.3 Å². The van der Waals surface area contributed by atoms with Crippen LogP contribution in [0.3, 0.4) is 0 Å². The van der Waals surface area contributed by atoms with Gasteiger partial charge in [0.05, 0.1) is 37.4 Å². The summed E-state index contributed by atoms with van der Waals surface area (Å²) in [4.78, 5) is 16.0. The van der Waals surface area contributed by atoms with Crippen LogP contribution in [0, 0.1) is 17.8 Å². The minimum absolute atomic E-state index is 0.00711. The van der Waals surface area contributed by atoms with Crippen LogP contribution >= 0.6 is 0 Å². The van der Waals surface area contributed by atoms with Crippen LogP contribution in [-0.4, -0.2) is 75.3 Å². The summed E-state index contributed by atoms with van der Waals surface area (Å²) >= 11 is 0. The maximum atomic E-state index is 11.2. The van der Waals surface area contributed by atoms with E-state index in [1.165, 1.54) is 17.5 Å². The minimum atomic E-state index is -2.95. The van der Waals surface area contributed by atoms with Crippen molar-refractivity contribution in [2.45, 2.75) is 45.4 Å². The smallest absolute Gasteiger partial charge is 0.304 e. The van der Waals surface area contributed by atoms with Crippen LogP contribution in [0.2, 0.25) is 0 Å². The number of benzene rings is 2. The summed E-state index contributed by atoms with van der Waals surface area (Å²) in [5.74, 6) is 5.61. The van der Waals surface area contributed by atoms with Gasteiger partial charge in [0.15, 0.2) is 0 Å². The topological polar surface area (TPSA) is 96.4 Å². The molecule has 2 atom stereocenters. The van der Waals surface area contributed by atoms with Crippen LogP contribution in [-0.2, 0) is 32.5 Å². The number of sulfone groups is 1. The first-order valence-electron chi connectivity index (χ1n) is 14.8. The van der Waals surface area contributed by atoms with Crippen LogP contribution in [0.25, 0.3) is 0 Å². The highest BCUT2D eigenvalue weighted by molar-refractivity contribution is 7.90. The second-order valence-electron chi connectivity index (χ2n) is 11.1. The lowest BCUT2D eigenvalue weighted by atomic mass is 9.91. The number of ether oxygens (including phenoxy) is 2. The van der Waals surface area contributed by atoms with E-state index in [1.54, 1.807) is 6.92 Å². The summed E-state index contributed by atoms with van der Waals surface area (Å²) in [5, 5.41) is 9.15. The largest absolute Gasteiger partial charge is 0.494 e. The average molecular weight is 607 g/mol. The Morgan fingerprint density at radius 2 is 1.74 bits per heavy atom. The van der Waals surface area contributed by atoms with Gasteiger partial charge in [0, 0.05) is 44.7 Å². The zero-order valence-corrected chi connectivity index (χ0v) is 25.9. The lowest BCUT2D eigenvalue weighted by molar-refractivity contribution is -0.137. The fraction of sp³-hybridized carbons (Fsp3) is 0.441. The van der Waals surface area contributed by atoms with E-state index in [4.69, 9.17) is 14.6 Å². The average Bonchev–Trinajstić information content (AvgIpc) is 2.99. The first-order chi connectivity index (χ1) is 20.7. The molecule has 1 aliphatic carbocycles. The van der Waals surface area contributed by atoms with E-state index in [2.05, 4.69) is 58.0 Å². The molecule has 2 aliphatic rings. The molecule has 0 bridgehead atoms. The van der Waals surface area contributed by atoms with Gasteiger partial charge in [-0.2, -0.15) is 0 Å². The van der Waals surface area contributed by atoms with Gasteiger partial charge in [-0.05, 0) is 60.7 Å². The van der Waals surface area contributed by atoms with Gasteiger partial charge in [-0.25, -0.2) is 8.42 Å². The van der Waals surface area contributed by atoms with Crippen molar-refractivity contribution in [1.29, 1.82) is 0 Å². The normalized spacial score (nSPS) is 18.0. The molecule has 0 radical (unpaired) electrons. The molecule has 4 rings (SSSR count). The predicted molar refractivity (Wildman–Crippen MR) is 170 cm³/mol. The summed E-state index contributed by atoms with van der Waals surface area (Å²) in [6, 6.07) is 16.6. The third kappa shape index (κ3) is 10.9. The van der Waals surface area contributed by atoms with Gasteiger partial charge in [0.25, 0.3) is 0 Å². The summed E-state index contributed by atoms with van der Waals surface area (Å²) in [6.45, 7) is 7.42. The monoisotopic (exact) mass is 606 g/mol. The number of nitrogens with zero attached hydrogens (tertiary/aromatic N) is 2. The lowest BCUT2D eigenvalue weighted by Crippen LogP contribution is -2.45. The van der Waals surface area contributed by atoms with Gasteiger partial charge in [-0.3, -0.25) is 9.69 Å². The van der Waals surface area contributed by atoms with E-state index in [-0.39, 0.29) is 24.2 Å². The van der Waals surface area contributed by atoms with Crippen LogP contribution < -0.4 is 9.64 Å². The van der Waals surface area contributed by atoms with E-state index >= 15 is 0 Å². The first kappa shape index (κ1) is 32.3. The number of carbonyl (C=O) groups is 1. The van der Waals surface area contributed by atoms with Gasteiger partial charge in [-0.15, -0.1) is 5.92 Å². The molecule has 1 N–H and O–H groups in total. The van der Waals surface area contributed by atoms with E-state index in [0.29, 0.717) is 26.1 Å². The fourth-order valence-corrected chi connectivity index (χ4v) is 5.87. The molecule has 0 amide bonds. The highest BCUT2D eigenvalue weighted by atomic mass is 32.2. The maximum absolute atomic E-state index is 11.2. The number of allylic oxidation sites excluding steroid dienone is 2. The molecule has 0 spiro atoms. The predicted octanol–water partition coefficient (Wildman–Crippen LogP) is 4.71. The number of aliphatic carboxylic acids is 1. The van der Waals surface area contributed by atoms with Crippen molar-refractivity contribution >= 4 is 21.5 Å². The van der Waals surface area contributed by atoms with E-state index in [1.807, 2.05) is 30.4 Å². The fourth-order valence-electron chi connectivity index (χ4n) is 5.23. The van der Waals surface area contributed by atoms with Gasteiger partial charge in [0.1, 0.15) is 15.6 Å². The first-order valence-corrected chi connectivity index (χ1v) is 16.8. The molecular weight excluding hydrogens is 564 g/mol. The van der Waals surface area contributed by atoms with E-state index < -0.39 is 15.8 Å².